The molecule has 5 nitrogen and oxygen atoms in total. The highest BCUT2D eigenvalue weighted by molar-refractivity contribution is 9.10. The van der Waals surface area contributed by atoms with Crippen molar-refractivity contribution >= 4 is 39.1 Å². The Hall–Kier alpha value is -0.920. The molecule has 2 unspecified atom stereocenters. The average molecular weight is 318 g/mol. The van der Waals surface area contributed by atoms with Gasteiger partial charge in [-0.05, 0) is 22.0 Å². The van der Waals surface area contributed by atoms with Crippen LogP contribution in [0.3, 0.4) is 0 Å². The molecule has 2 rings (SSSR count). The average Bonchev–Trinajstić information content (AvgIpc) is 2.72. The van der Waals surface area contributed by atoms with Crippen LogP contribution in [0.15, 0.2) is 20.9 Å². The number of amides is 1. The first-order valence-corrected chi connectivity index (χ1v) is 6.59. The quantitative estimate of drug-likeness (QED) is 0.895. The largest absolute Gasteiger partial charge is 0.369 e. The van der Waals surface area contributed by atoms with E-state index < -0.39 is 6.10 Å². The second-order valence-electron chi connectivity index (χ2n) is 3.65. The number of nitrogens with zero attached hydrogens (tertiary/aromatic N) is 2. The second kappa shape index (κ2) is 4.75. The van der Waals surface area contributed by atoms with E-state index in [0.717, 1.165) is 9.35 Å². The monoisotopic (exact) mass is 317 g/mol. The van der Waals surface area contributed by atoms with Gasteiger partial charge in [-0.1, -0.05) is 0 Å². The molecule has 92 valence electrons. The number of ether oxygens (including phenoxy) is 1. The van der Waals surface area contributed by atoms with Crippen LogP contribution in [0.1, 0.15) is 10.9 Å². The number of methoxy groups -OCH3 is 1. The van der Waals surface area contributed by atoms with Crippen LogP contribution >= 0.6 is 27.3 Å². The minimum atomic E-state index is -0.613. The van der Waals surface area contributed by atoms with E-state index in [4.69, 9.17) is 10.5 Å². The van der Waals surface area contributed by atoms with Gasteiger partial charge in [-0.15, -0.1) is 11.3 Å². The van der Waals surface area contributed by atoms with E-state index in [1.54, 1.807) is 7.05 Å². The van der Waals surface area contributed by atoms with E-state index in [1.165, 1.54) is 23.3 Å². The van der Waals surface area contributed by atoms with Gasteiger partial charge >= 0.3 is 0 Å². The molecule has 0 spiro atoms. The Labute approximate surface area is 111 Å². The van der Waals surface area contributed by atoms with Crippen LogP contribution < -0.4 is 5.73 Å². The number of carbonyl (C=O) groups excluding carboxylic acids is 1. The number of hydrogen-bond acceptors (Lipinski definition) is 5. The fraction of sp³-hybridized carbons (Fsp3) is 0.400. The standard InChI is InChI=1S/C10H12BrN3O2S/c1-14-9(15)8(16-2)7(13-10(14)12)6-3-5(11)4-17-6/h3-4,7-8H,1-2H3,(H2,12,13). The van der Waals surface area contributed by atoms with Crippen molar-refractivity contribution in [1.82, 2.24) is 4.90 Å². The first-order valence-electron chi connectivity index (χ1n) is 4.92. The van der Waals surface area contributed by atoms with Crippen molar-refractivity contribution in [1.29, 1.82) is 0 Å². The molecule has 1 aliphatic rings. The first kappa shape index (κ1) is 12.5. The molecule has 0 fully saturated rings. The summed E-state index contributed by atoms with van der Waals surface area (Å²) in [5, 5.41) is 1.94. The Balaban J connectivity index is 2.41. The van der Waals surface area contributed by atoms with Crippen molar-refractivity contribution in [2.24, 2.45) is 10.7 Å². The fourth-order valence-corrected chi connectivity index (χ4v) is 3.17. The van der Waals surface area contributed by atoms with Crippen LogP contribution in [0.5, 0.6) is 0 Å². The van der Waals surface area contributed by atoms with Crippen LogP contribution in [0, 0.1) is 0 Å². The lowest BCUT2D eigenvalue weighted by molar-refractivity contribution is -0.139. The Kier molecular flexibility index (Phi) is 3.50. The molecule has 0 saturated heterocycles. The number of rotatable bonds is 2. The molecule has 1 aliphatic heterocycles. The highest BCUT2D eigenvalue weighted by Crippen LogP contribution is 2.33. The van der Waals surface area contributed by atoms with E-state index in [-0.39, 0.29) is 17.9 Å². The Morgan fingerprint density at radius 2 is 2.35 bits per heavy atom. The molecule has 0 bridgehead atoms. The molecule has 0 saturated carbocycles. The van der Waals surface area contributed by atoms with Gasteiger partial charge in [0, 0.05) is 28.9 Å². The number of hydrogen-bond donors (Lipinski definition) is 1. The van der Waals surface area contributed by atoms with Crippen molar-refractivity contribution < 1.29 is 9.53 Å². The first-order chi connectivity index (χ1) is 8.04. The van der Waals surface area contributed by atoms with Crippen molar-refractivity contribution in [2.45, 2.75) is 12.1 Å². The molecule has 1 aromatic heterocycles. The lowest BCUT2D eigenvalue weighted by Crippen LogP contribution is -2.50. The van der Waals surface area contributed by atoms with Gasteiger partial charge in [0.25, 0.3) is 5.91 Å². The van der Waals surface area contributed by atoms with Crippen LogP contribution in [0.25, 0.3) is 0 Å². The number of likely N-dealkylation sites (N-methyl/N-ethyl adjacent to an activating group) is 1. The van der Waals surface area contributed by atoms with Gasteiger partial charge in [-0.2, -0.15) is 0 Å². The van der Waals surface area contributed by atoms with E-state index in [2.05, 4.69) is 20.9 Å². The van der Waals surface area contributed by atoms with Crippen LogP contribution in [-0.2, 0) is 9.53 Å². The van der Waals surface area contributed by atoms with Crippen molar-refractivity contribution in [3.05, 3.63) is 20.8 Å². The van der Waals surface area contributed by atoms with E-state index >= 15 is 0 Å². The van der Waals surface area contributed by atoms with Gasteiger partial charge in [0.1, 0.15) is 6.04 Å². The normalized spacial score (nSPS) is 25.0. The summed E-state index contributed by atoms with van der Waals surface area (Å²) in [5.41, 5.74) is 5.71. The van der Waals surface area contributed by atoms with E-state index in [9.17, 15) is 4.79 Å². The third-order valence-corrected chi connectivity index (χ3v) is 4.37. The van der Waals surface area contributed by atoms with Gasteiger partial charge in [-0.3, -0.25) is 9.69 Å². The van der Waals surface area contributed by atoms with Crippen LogP contribution in [0.2, 0.25) is 0 Å². The van der Waals surface area contributed by atoms with Gasteiger partial charge < -0.3 is 10.5 Å². The third kappa shape index (κ3) is 2.22. The minimum absolute atomic E-state index is 0.172. The molecule has 2 atom stereocenters. The van der Waals surface area contributed by atoms with Gasteiger partial charge in [0.2, 0.25) is 0 Å². The summed E-state index contributed by atoms with van der Waals surface area (Å²) in [6.45, 7) is 0. The van der Waals surface area contributed by atoms with Crippen LogP contribution in [0.4, 0.5) is 0 Å². The minimum Gasteiger partial charge on any atom is -0.369 e. The number of guanidine groups is 1. The predicted molar refractivity (Wildman–Crippen MR) is 69.9 cm³/mol. The Bertz CT molecular complexity index is 474. The predicted octanol–water partition coefficient (Wildman–Crippen LogP) is 1.35. The highest BCUT2D eigenvalue weighted by atomic mass is 79.9. The molecule has 1 amide bonds. The zero-order chi connectivity index (χ0) is 12.6. The van der Waals surface area contributed by atoms with Gasteiger partial charge in [0.05, 0.1) is 0 Å². The molecule has 0 radical (unpaired) electrons. The smallest absolute Gasteiger partial charge is 0.260 e. The van der Waals surface area contributed by atoms with E-state index in [1.807, 2.05) is 11.4 Å². The third-order valence-electron chi connectivity index (χ3n) is 2.61. The molecular weight excluding hydrogens is 306 g/mol. The van der Waals surface area contributed by atoms with E-state index in [0.29, 0.717) is 0 Å². The maximum atomic E-state index is 12.0. The maximum absolute atomic E-state index is 12.0. The summed E-state index contributed by atoms with van der Waals surface area (Å²) in [7, 11) is 3.09. The van der Waals surface area contributed by atoms with Crippen molar-refractivity contribution in [2.75, 3.05) is 14.2 Å². The summed E-state index contributed by atoms with van der Waals surface area (Å²) in [5.74, 6) is 0.0485. The second-order valence-corrected chi connectivity index (χ2v) is 5.51. The van der Waals surface area contributed by atoms with Gasteiger partial charge in [-0.25, -0.2) is 4.99 Å². The fourth-order valence-electron chi connectivity index (χ4n) is 1.66. The Morgan fingerprint density at radius 1 is 1.65 bits per heavy atom. The summed E-state index contributed by atoms with van der Waals surface area (Å²) in [6.07, 6.45) is -0.613. The molecule has 17 heavy (non-hydrogen) atoms. The number of nitrogens with two attached hydrogens (primary N) is 1. The molecule has 1 aromatic rings. The molecule has 2 N–H and O–H groups in total. The zero-order valence-corrected chi connectivity index (χ0v) is 11.8. The molecule has 0 aromatic carbocycles. The molecule has 2 heterocycles. The number of aliphatic imine (C=N–C) groups is 1. The zero-order valence-electron chi connectivity index (χ0n) is 9.38. The maximum Gasteiger partial charge on any atom is 0.260 e. The van der Waals surface area contributed by atoms with Crippen molar-refractivity contribution in [3.63, 3.8) is 0 Å². The van der Waals surface area contributed by atoms with Crippen molar-refractivity contribution in [3.8, 4) is 0 Å². The summed E-state index contributed by atoms with van der Waals surface area (Å²) in [4.78, 5) is 18.6. The number of carbonyl (C=O) groups is 1. The lowest BCUT2D eigenvalue weighted by atomic mass is 10.1. The molecule has 0 aliphatic carbocycles. The highest BCUT2D eigenvalue weighted by Gasteiger charge is 2.37. The summed E-state index contributed by atoms with van der Waals surface area (Å²) < 4.78 is 6.20. The summed E-state index contributed by atoms with van der Waals surface area (Å²) in [6, 6.07) is 1.57. The number of halogens is 1. The Morgan fingerprint density at radius 3 is 2.88 bits per heavy atom. The summed E-state index contributed by atoms with van der Waals surface area (Å²) >= 11 is 4.90. The van der Waals surface area contributed by atoms with Gasteiger partial charge in [0.15, 0.2) is 12.1 Å². The molecular formula is C10H12BrN3O2S. The number of thiophene rings is 1. The SMILES string of the molecule is COC1C(=O)N(C)C(N)=NC1c1cc(Br)cs1. The topological polar surface area (TPSA) is 67.9 Å². The lowest BCUT2D eigenvalue weighted by Gasteiger charge is -2.31. The van der Waals surface area contributed by atoms with Crippen LogP contribution in [-0.4, -0.2) is 37.0 Å². The molecule has 7 heteroatoms.